The predicted octanol–water partition coefficient (Wildman–Crippen LogP) is 2.13. The summed E-state index contributed by atoms with van der Waals surface area (Å²) >= 11 is 0. The maximum absolute atomic E-state index is 11.9. The summed E-state index contributed by atoms with van der Waals surface area (Å²) in [6.07, 6.45) is 1.91. The van der Waals surface area contributed by atoms with Crippen LogP contribution in [0.2, 0.25) is 0 Å². The summed E-state index contributed by atoms with van der Waals surface area (Å²) in [5.41, 5.74) is 1.06. The van der Waals surface area contributed by atoms with Gasteiger partial charge in [-0.3, -0.25) is 4.79 Å². The quantitative estimate of drug-likeness (QED) is 0.872. The molecule has 0 atom stereocenters. The highest BCUT2D eigenvalue weighted by molar-refractivity contribution is 5.77. The van der Waals surface area contributed by atoms with Crippen LogP contribution in [0.25, 0.3) is 0 Å². The molecule has 0 aromatic heterocycles. The molecule has 1 aromatic carbocycles. The van der Waals surface area contributed by atoms with E-state index in [4.69, 9.17) is 9.47 Å². The second-order valence-electron chi connectivity index (χ2n) is 5.17. The summed E-state index contributed by atoms with van der Waals surface area (Å²) in [6.45, 7) is 4.25. The Labute approximate surface area is 126 Å². The van der Waals surface area contributed by atoms with Gasteiger partial charge in [-0.05, 0) is 31.9 Å². The van der Waals surface area contributed by atoms with Crippen LogP contribution in [-0.4, -0.2) is 50.3 Å². The molecule has 0 aliphatic carbocycles. The molecule has 1 aromatic rings. The molecule has 0 unspecified atom stereocenters. The van der Waals surface area contributed by atoms with Gasteiger partial charge < -0.3 is 19.7 Å². The summed E-state index contributed by atoms with van der Waals surface area (Å²) in [7, 11) is 1.67. The van der Waals surface area contributed by atoms with Crippen molar-refractivity contribution in [2.75, 3.05) is 38.7 Å². The summed E-state index contributed by atoms with van der Waals surface area (Å²) < 4.78 is 10.4. The Bertz CT molecular complexity index is 457. The molecular weight excluding hydrogens is 268 g/mol. The number of benzene rings is 1. The van der Waals surface area contributed by atoms with E-state index in [1.54, 1.807) is 7.11 Å². The number of anilines is 1. The van der Waals surface area contributed by atoms with Crippen LogP contribution in [-0.2, 0) is 9.53 Å². The van der Waals surface area contributed by atoms with Crippen molar-refractivity contribution in [1.29, 1.82) is 0 Å². The summed E-state index contributed by atoms with van der Waals surface area (Å²) in [5, 5.41) is 3.51. The van der Waals surface area contributed by atoms with Crippen molar-refractivity contribution < 1.29 is 14.3 Å². The molecular formula is C16H24N2O3. The van der Waals surface area contributed by atoms with E-state index in [0.717, 1.165) is 37.4 Å². The van der Waals surface area contributed by atoms with Gasteiger partial charge >= 0.3 is 0 Å². The average Bonchev–Trinajstić information content (AvgIpc) is 2.53. The minimum Gasteiger partial charge on any atom is -0.497 e. The van der Waals surface area contributed by atoms with E-state index in [2.05, 4.69) is 5.32 Å². The molecule has 5 heteroatoms. The molecule has 116 valence electrons. The lowest BCUT2D eigenvalue weighted by molar-refractivity contribution is -0.136. The zero-order valence-corrected chi connectivity index (χ0v) is 12.8. The number of hydrogen-bond acceptors (Lipinski definition) is 4. The summed E-state index contributed by atoms with van der Waals surface area (Å²) in [5.74, 6) is 0.945. The number of ether oxygens (including phenoxy) is 2. The fourth-order valence-corrected chi connectivity index (χ4v) is 2.50. The molecule has 2 rings (SSSR count). The normalized spacial score (nSPS) is 15.8. The standard InChI is InChI=1S/C16H24N2O3/c1-3-21-12-16(19)18-9-7-13(8-10-18)17-14-5-4-6-15(11-14)20-2/h4-6,11,13,17H,3,7-10,12H2,1-2H3. The van der Waals surface area contributed by atoms with Gasteiger partial charge in [0.05, 0.1) is 7.11 Å². The Hall–Kier alpha value is -1.75. The average molecular weight is 292 g/mol. The Kier molecular flexibility index (Phi) is 5.87. The summed E-state index contributed by atoms with van der Waals surface area (Å²) in [4.78, 5) is 13.8. The van der Waals surface area contributed by atoms with Gasteiger partial charge in [-0.25, -0.2) is 0 Å². The van der Waals surface area contributed by atoms with Crippen LogP contribution in [0.5, 0.6) is 5.75 Å². The number of amides is 1. The number of likely N-dealkylation sites (tertiary alicyclic amines) is 1. The van der Waals surface area contributed by atoms with E-state index in [-0.39, 0.29) is 12.5 Å². The van der Waals surface area contributed by atoms with Crippen molar-refractivity contribution >= 4 is 11.6 Å². The largest absolute Gasteiger partial charge is 0.497 e. The van der Waals surface area contributed by atoms with Crippen molar-refractivity contribution in [2.24, 2.45) is 0 Å². The topological polar surface area (TPSA) is 50.8 Å². The van der Waals surface area contributed by atoms with Crippen LogP contribution >= 0.6 is 0 Å². The zero-order valence-electron chi connectivity index (χ0n) is 12.8. The number of piperidine rings is 1. The molecule has 1 fully saturated rings. The van der Waals surface area contributed by atoms with Gasteiger partial charge in [0.15, 0.2) is 0 Å². The minimum atomic E-state index is 0.0941. The Morgan fingerprint density at radius 1 is 1.38 bits per heavy atom. The number of rotatable bonds is 6. The molecule has 21 heavy (non-hydrogen) atoms. The van der Waals surface area contributed by atoms with E-state index in [9.17, 15) is 4.79 Å². The first kappa shape index (κ1) is 15.6. The van der Waals surface area contributed by atoms with E-state index in [0.29, 0.717) is 12.6 Å². The third-order valence-electron chi connectivity index (χ3n) is 3.72. The fourth-order valence-electron chi connectivity index (χ4n) is 2.50. The van der Waals surface area contributed by atoms with Crippen molar-refractivity contribution in [1.82, 2.24) is 4.90 Å². The van der Waals surface area contributed by atoms with Crippen LogP contribution in [0.3, 0.4) is 0 Å². The van der Waals surface area contributed by atoms with Gasteiger partial charge in [-0.1, -0.05) is 6.07 Å². The van der Waals surface area contributed by atoms with Gasteiger partial charge in [0.1, 0.15) is 12.4 Å². The Balaban J connectivity index is 1.79. The predicted molar refractivity (Wildman–Crippen MR) is 82.7 cm³/mol. The lowest BCUT2D eigenvalue weighted by Gasteiger charge is -2.33. The van der Waals surface area contributed by atoms with Crippen LogP contribution in [0.15, 0.2) is 24.3 Å². The molecule has 1 saturated heterocycles. The van der Waals surface area contributed by atoms with Crippen LogP contribution in [0.4, 0.5) is 5.69 Å². The van der Waals surface area contributed by atoms with Crippen molar-refractivity contribution in [3.05, 3.63) is 24.3 Å². The highest BCUT2D eigenvalue weighted by Crippen LogP contribution is 2.20. The molecule has 1 aliphatic heterocycles. The van der Waals surface area contributed by atoms with Crippen LogP contribution in [0, 0.1) is 0 Å². The third kappa shape index (κ3) is 4.63. The van der Waals surface area contributed by atoms with Gasteiger partial charge in [-0.2, -0.15) is 0 Å². The number of nitrogens with zero attached hydrogens (tertiary/aromatic N) is 1. The van der Waals surface area contributed by atoms with Gasteiger partial charge in [0.25, 0.3) is 0 Å². The number of hydrogen-bond donors (Lipinski definition) is 1. The minimum absolute atomic E-state index is 0.0941. The first-order valence-corrected chi connectivity index (χ1v) is 7.49. The van der Waals surface area contributed by atoms with E-state index >= 15 is 0 Å². The molecule has 0 bridgehead atoms. The number of carbonyl (C=O) groups is 1. The highest BCUT2D eigenvalue weighted by Gasteiger charge is 2.22. The van der Waals surface area contributed by atoms with Crippen molar-refractivity contribution in [3.8, 4) is 5.75 Å². The highest BCUT2D eigenvalue weighted by atomic mass is 16.5. The van der Waals surface area contributed by atoms with Gasteiger partial charge in [-0.15, -0.1) is 0 Å². The van der Waals surface area contributed by atoms with Gasteiger partial charge in [0, 0.05) is 37.5 Å². The molecule has 1 heterocycles. The summed E-state index contributed by atoms with van der Waals surface area (Å²) in [6, 6.07) is 8.33. The third-order valence-corrected chi connectivity index (χ3v) is 3.72. The number of methoxy groups -OCH3 is 1. The monoisotopic (exact) mass is 292 g/mol. The maximum Gasteiger partial charge on any atom is 0.248 e. The van der Waals surface area contributed by atoms with E-state index in [1.807, 2.05) is 36.1 Å². The van der Waals surface area contributed by atoms with Gasteiger partial charge in [0.2, 0.25) is 5.91 Å². The number of nitrogens with one attached hydrogen (secondary N) is 1. The molecule has 5 nitrogen and oxygen atoms in total. The lowest BCUT2D eigenvalue weighted by atomic mass is 10.0. The lowest BCUT2D eigenvalue weighted by Crippen LogP contribution is -2.43. The van der Waals surface area contributed by atoms with Crippen molar-refractivity contribution in [3.63, 3.8) is 0 Å². The number of carbonyl (C=O) groups excluding carboxylic acids is 1. The molecule has 0 spiro atoms. The second-order valence-corrected chi connectivity index (χ2v) is 5.17. The van der Waals surface area contributed by atoms with Crippen molar-refractivity contribution in [2.45, 2.75) is 25.8 Å². The molecule has 0 saturated carbocycles. The molecule has 1 aliphatic rings. The van der Waals surface area contributed by atoms with E-state index in [1.165, 1.54) is 0 Å². The Morgan fingerprint density at radius 3 is 2.81 bits per heavy atom. The zero-order chi connectivity index (χ0) is 15.1. The second kappa shape index (κ2) is 7.88. The molecule has 0 radical (unpaired) electrons. The first-order valence-electron chi connectivity index (χ1n) is 7.49. The Morgan fingerprint density at radius 2 is 2.14 bits per heavy atom. The maximum atomic E-state index is 11.9. The SMILES string of the molecule is CCOCC(=O)N1CCC(Nc2cccc(OC)c2)CC1. The van der Waals surface area contributed by atoms with Crippen LogP contribution in [0.1, 0.15) is 19.8 Å². The molecule has 1 amide bonds. The van der Waals surface area contributed by atoms with Crippen LogP contribution < -0.4 is 10.1 Å². The smallest absolute Gasteiger partial charge is 0.248 e. The molecule has 1 N–H and O–H groups in total. The fraction of sp³-hybridized carbons (Fsp3) is 0.562. The first-order chi connectivity index (χ1) is 10.2. The van der Waals surface area contributed by atoms with E-state index < -0.39 is 0 Å².